The highest BCUT2D eigenvalue weighted by molar-refractivity contribution is 5.70. The predicted molar refractivity (Wildman–Crippen MR) is 80.4 cm³/mol. The minimum absolute atomic E-state index is 0.179. The molecule has 3 rings (SSSR count). The summed E-state index contributed by atoms with van der Waals surface area (Å²) in [5.41, 5.74) is 1.20. The number of carbonyl (C=O) groups is 1. The van der Waals surface area contributed by atoms with Crippen molar-refractivity contribution in [1.29, 1.82) is 0 Å². The lowest BCUT2D eigenvalue weighted by Gasteiger charge is -2.32. The van der Waals surface area contributed by atoms with Crippen LogP contribution in [0.25, 0.3) is 0 Å². The van der Waals surface area contributed by atoms with Crippen LogP contribution in [-0.2, 0) is 4.79 Å². The lowest BCUT2D eigenvalue weighted by molar-refractivity contribution is -0.144. The molecule has 4 heteroatoms. The maximum Gasteiger partial charge on any atom is 0.306 e. The average Bonchev–Trinajstić information content (AvgIpc) is 2.53. The van der Waals surface area contributed by atoms with Gasteiger partial charge in [-0.2, -0.15) is 0 Å². The van der Waals surface area contributed by atoms with Crippen LogP contribution in [0.3, 0.4) is 0 Å². The fourth-order valence-electron chi connectivity index (χ4n) is 3.62. The summed E-state index contributed by atoms with van der Waals surface area (Å²) < 4.78 is 5.67. The third-order valence-corrected chi connectivity index (χ3v) is 4.81. The Balaban J connectivity index is 1.64. The number of hydrogen-bond donors (Lipinski definition) is 2. The number of benzene rings is 1. The molecule has 0 aromatic heterocycles. The van der Waals surface area contributed by atoms with Crippen LogP contribution in [0, 0.1) is 11.8 Å². The van der Waals surface area contributed by atoms with Crippen molar-refractivity contribution < 1.29 is 14.6 Å². The lowest BCUT2D eigenvalue weighted by atomic mass is 9.79. The molecular formula is C17H23NO3. The first kappa shape index (κ1) is 14.4. The third-order valence-electron chi connectivity index (χ3n) is 4.81. The van der Waals surface area contributed by atoms with Gasteiger partial charge in [-0.1, -0.05) is 31.0 Å². The minimum atomic E-state index is -0.631. The standard InChI is InChI=1S/C17H23NO3/c19-17(20)13-6-2-1-5-12(13)11-18-15-9-10-21-16-8-4-3-7-14(15)16/h3-4,7-8,12-13,15,18H,1-2,5-6,9-11H2,(H,19,20). The Bertz CT molecular complexity index is 503. The molecule has 2 N–H and O–H groups in total. The molecule has 0 radical (unpaired) electrons. The van der Waals surface area contributed by atoms with Gasteiger partial charge >= 0.3 is 5.97 Å². The van der Waals surface area contributed by atoms with Crippen molar-refractivity contribution in [2.24, 2.45) is 11.8 Å². The van der Waals surface area contributed by atoms with E-state index in [1.54, 1.807) is 0 Å². The van der Waals surface area contributed by atoms with Crippen molar-refractivity contribution in [2.75, 3.05) is 13.2 Å². The van der Waals surface area contributed by atoms with Gasteiger partial charge in [-0.3, -0.25) is 4.79 Å². The molecule has 1 aromatic carbocycles. The zero-order valence-electron chi connectivity index (χ0n) is 12.3. The van der Waals surface area contributed by atoms with Crippen molar-refractivity contribution in [3.63, 3.8) is 0 Å². The maximum absolute atomic E-state index is 11.4. The number of rotatable bonds is 4. The van der Waals surface area contributed by atoms with Crippen molar-refractivity contribution >= 4 is 5.97 Å². The molecule has 1 heterocycles. The number of hydrogen-bond acceptors (Lipinski definition) is 3. The van der Waals surface area contributed by atoms with Crippen LogP contribution in [0.4, 0.5) is 0 Å². The van der Waals surface area contributed by atoms with Crippen molar-refractivity contribution in [3.8, 4) is 5.75 Å². The highest BCUT2D eigenvalue weighted by atomic mass is 16.5. The maximum atomic E-state index is 11.4. The molecule has 1 aromatic rings. The molecule has 0 bridgehead atoms. The summed E-state index contributed by atoms with van der Waals surface area (Å²) in [6.07, 6.45) is 5.00. The summed E-state index contributed by atoms with van der Waals surface area (Å²) >= 11 is 0. The quantitative estimate of drug-likeness (QED) is 0.894. The molecule has 0 amide bonds. The molecule has 4 nitrogen and oxygen atoms in total. The summed E-state index contributed by atoms with van der Waals surface area (Å²) in [6, 6.07) is 8.41. The topological polar surface area (TPSA) is 58.6 Å². The number of aliphatic carboxylic acids is 1. The van der Waals surface area contributed by atoms with Gasteiger partial charge in [-0.15, -0.1) is 0 Å². The smallest absolute Gasteiger partial charge is 0.306 e. The number of carboxylic acid groups (broad SMARTS) is 1. The summed E-state index contributed by atoms with van der Waals surface area (Å²) in [6.45, 7) is 1.51. The number of para-hydroxylation sites is 1. The zero-order chi connectivity index (χ0) is 14.7. The Labute approximate surface area is 125 Å². The van der Waals surface area contributed by atoms with E-state index in [0.717, 1.165) is 51.0 Å². The second-order valence-corrected chi connectivity index (χ2v) is 6.13. The van der Waals surface area contributed by atoms with Gasteiger partial charge in [-0.25, -0.2) is 0 Å². The van der Waals surface area contributed by atoms with Crippen LogP contribution >= 0.6 is 0 Å². The first-order chi connectivity index (χ1) is 10.3. The normalized spacial score (nSPS) is 28.5. The Hall–Kier alpha value is -1.55. The van der Waals surface area contributed by atoms with Gasteiger partial charge in [0.15, 0.2) is 0 Å². The molecular weight excluding hydrogens is 266 g/mol. The van der Waals surface area contributed by atoms with Crippen LogP contribution in [-0.4, -0.2) is 24.2 Å². The van der Waals surface area contributed by atoms with E-state index in [4.69, 9.17) is 4.74 Å². The van der Waals surface area contributed by atoms with Crippen molar-refractivity contribution in [1.82, 2.24) is 5.32 Å². The highest BCUT2D eigenvalue weighted by Gasteiger charge is 2.31. The molecule has 3 atom stereocenters. The van der Waals surface area contributed by atoms with E-state index in [-0.39, 0.29) is 17.9 Å². The fraction of sp³-hybridized carbons (Fsp3) is 0.588. The number of nitrogens with one attached hydrogen (secondary N) is 1. The molecule has 2 aliphatic rings. The largest absolute Gasteiger partial charge is 0.493 e. The minimum Gasteiger partial charge on any atom is -0.493 e. The van der Waals surface area contributed by atoms with Crippen LogP contribution in [0.2, 0.25) is 0 Å². The summed E-state index contributed by atoms with van der Waals surface area (Å²) in [7, 11) is 0. The van der Waals surface area contributed by atoms with E-state index < -0.39 is 5.97 Å². The number of fused-ring (bicyclic) bond motifs is 1. The SMILES string of the molecule is O=C(O)C1CCCCC1CNC1CCOc2ccccc21. The second-order valence-electron chi connectivity index (χ2n) is 6.13. The van der Waals surface area contributed by atoms with E-state index in [2.05, 4.69) is 11.4 Å². The Morgan fingerprint density at radius 2 is 2.05 bits per heavy atom. The molecule has 21 heavy (non-hydrogen) atoms. The molecule has 1 fully saturated rings. The van der Waals surface area contributed by atoms with Crippen molar-refractivity contribution in [3.05, 3.63) is 29.8 Å². The lowest BCUT2D eigenvalue weighted by Crippen LogP contribution is -2.37. The first-order valence-corrected chi connectivity index (χ1v) is 7.93. The predicted octanol–water partition coefficient (Wildman–Crippen LogP) is 2.99. The Morgan fingerprint density at radius 3 is 2.90 bits per heavy atom. The van der Waals surface area contributed by atoms with Gasteiger partial charge in [0, 0.05) is 18.0 Å². The summed E-state index contributed by atoms with van der Waals surface area (Å²) in [5, 5.41) is 12.9. The third kappa shape index (κ3) is 3.21. The summed E-state index contributed by atoms with van der Waals surface area (Å²) in [4.78, 5) is 11.4. The fourth-order valence-corrected chi connectivity index (χ4v) is 3.62. The monoisotopic (exact) mass is 289 g/mol. The van der Waals surface area contributed by atoms with E-state index in [1.807, 2.05) is 18.2 Å². The molecule has 114 valence electrons. The Kier molecular flexibility index (Phi) is 4.44. The van der Waals surface area contributed by atoms with E-state index >= 15 is 0 Å². The van der Waals surface area contributed by atoms with E-state index in [9.17, 15) is 9.90 Å². The molecule has 0 saturated heterocycles. The van der Waals surface area contributed by atoms with Crippen LogP contribution in [0.5, 0.6) is 5.75 Å². The van der Waals surface area contributed by atoms with Gasteiger partial charge in [0.1, 0.15) is 5.75 Å². The average molecular weight is 289 g/mol. The summed E-state index contributed by atoms with van der Waals surface area (Å²) in [5.74, 6) is 0.404. The zero-order valence-corrected chi connectivity index (χ0v) is 12.3. The second kappa shape index (κ2) is 6.48. The van der Waals surface area contributed by atoms with E-state index in [1.165, 1.54) is 5.56 Å². The Morgan fingerprint density at radius 1 is 1.24 bits per heavy atom. The van der Waals surface area contributed by atoms with Crippen molar-refractivity contribution in [2.45, 2.75) is 38.1 Å². The van der Waals surface area contributed by atoms with Gasteiger partial charge in [0.05, 0.1) is 12.5 Å². The number of carboxylic acids is 1. The molecule has 3 unspecified atom stereocenters. The van der Waals surface area contributed by atoms with Gasteiger partial charge in [0.2, 0.25) is 0 Å². The van der Waals surface area contributed by atoms with Gasteiger partial charge < -0.3 is 15.2 Å². The van der Waals surface area contributed by atoms with Crippen LogP contribution in [0.15, 0.2) is 24.3 Å². The molecule has 0 spiro atoms. The molecule has 1 aliphatic carbocycles. The first-order valence-electron chi connectivity index (χ1n) is 7.93. The van der Waals surface area contributed by atoms with Crippen LogP contribution < -0.4 is 10.1 Å². The number of ether oxygens (including phenoxy) is 1. The molecule has 1 aliphatic heterocycles. The van der Waals surface area contributed by atoms with E-state index in [0.29, 0.717) is 0 Å². The van der Waals surface area contributed by atoms with Gasteiger partial charge in [-0.05, 0) is 31.4 Å². The highest BCUT2D eigenvalue weighted by Crippen LogP contribution is 2.34. The molecule has 1 saturated carbocycles. The van der Waals surface area contributed by atoms with Crippen LogP contribution in [0.1, 0.15) is 43.7 Å². The van der Waals surface area contributed by atoms with Gasteiger partial charge in [0.25, 0.3) is 0 Å².